The van der Waals surface area contributed by atoms with Gasteiger partial charge >= 0.3 is 0 Å². The number of ether oxygens (including phenoxy) is 2. The lowest BCUT2D eigenvalue weighted by Gasteiger charge is -2.43. The molecule has 0 saturated carbocycles. The fourth-order valence-electron chi connectivity index (χ4n) is 4.69. The molecule has 2 fully saturated rings. The Morgan fingerprint density at radius 2 is 1.90 bits per heavy atom. The lowest BCUT2D eigenvalue weighted by atomic mass is 10.0. The molecule has 3 aliphatic heterocycles. The molecule has 0 aliphatic carbocycles. The van der Waals surface area contributed by atoms with Gasteiger partial charge in [-0.1, -0.05) is 6.07 Å². The molecule has 4 heterocycles. The van der Waals surface area contributed by atoms with Crippen molar-refractivity contribution >= 4 is 5.91 Å². The van der Waals surface area contributed by atoms with Crippen molar-refractivity contribution in [2.24, 2.45) is 0 Å². The summed E-state index contributed by atoms with van der Waals surface area (Å²) < 4.78 is 10.9. The Labute approximate surface area is 182 Å². The largest absolute Gasteiger partial charge is 0.454 e. The second-order valence-electron chi connectivity index (χ2n) is 8.59. The van der Waals surface area contributed by atoms with Gasteiger partial charge < -0.3 is 14.4 Å². The Morgan fingerprint density at radius 3 is 2.71 bits per heavy atom. The predicted octanol–water partition coefficient (Wildman–Crippen LogP) is 1.94. The zero-order valence-corrected chi connectivity index (χ0v) is 18.0. The van der Waals surface area contributed by atoms with E-state index in [1.807, 2.05) is 17.9 Å². The van der Waals surface area contributed by atoms with Crippen LogP contribution in [0.1, 0.15) is 34.6 Å². The first-order valence-electron chi connectivity index (χ1n) is 11.1. The van der Waals surface area contributed by atoms with E-state index < -0.39 is 0 Å². The zero-order valence-electron chi connectivity index (χ0n) is 18.0. The molecule has 0 spiro atoms. The number of piperidine rings is 1. The quantitative estimate of drug-likeness (QED) is 0.744. The maximum absolute atomic E-state index is 12.9. The molecule has 0 radical (unpaired) electrons. The topological polar surface area (TPSA) is 71.0 Å². The molecule has 5 rings (SSSR count). The van der Waals surface area contributed by atoms with Crippen molar-refractivity contribution in [3.8, 4) is 11.5 Å². The van der Waals surface area contributed by atoms with E-state index in [1.165, 1.54) is 5.56 Å². The van der Waals surface area contributed by atoms with E-state index in [9.17, 15) is 4.79 Å². The Balaban J connectivity index is 1.14. The van der Waals surface area contributed by atoms with E-state index in [-0.39, 0.29) is 5.91 Å². The number of aromatic nitrogens is 2. The highest BCUT2D eigenvalue weighted by molar-refractivity contribution is 5.92. The van der Waals surface area contributed by atoms with Crippen LogP contribution in [-0.4, -0.2) is 82.7 Å². The minimum atomic E-state index is -0.00126. The van der Waals surface area contributed by atoms with Gasteiger partial charge in [0, 0.05) is 58.1 Å². The lowest BCUT2D eigenvalue weighted by Crippen LogP contribution is -2.55. The number of rotatable bonds is 4. The van der Waals surface area contributed by atoms with Gasteiger partial charge in [-0.3, -0.25) is 19.6 Å². The van der Waals surface area contributed by atoms with E-state index in [0.717, 1.165) is 75.8 Å². The summed E-state index contributed by atoms with van der Waals surface area (Å²) in [5.74, 6) is 1.68. The van der Waals surface area contributed by atoms with E-state index in [1.54, 1.807) is 12.4 Å². The fourth-order valence-corrected chi connectivity index (χ4v) is 4.69. The van der Waals surface area contributed by atoms with E-state index in [0.29, 0.717) is 18.5 Å². The van der Waals surface area contributed by atoms with Gasteiger partial charge in [0.1, 0.15) is 5.69 Å². The molecule has 164 valence electrons. The third kappa shape index (κ3) is 4.50. The highest BCUT2D eigenvalue weighted by Crippen LogP contribution is 2.33. The normalized spacial score (nSPS) is 22.0. The van der Waals surface area contributed by atoms with Crippen molar-refractivity contribution in [3.63, 3.8) is 0 Å². The monoisotopic (exact) mass is 423 g/mol. The average Bonchev–Trinajstić information content (AvgIpc) is 3.28. The number of likely N-dealkylation sites (tertiary alicyclic amines) is 1. The van der Waals surface area contributed by atoms with Crippen LogP contribution in [0.25, 0.3) is 0 Å². The van der Waals surface area contributed by atoms with Crippen molar-refractivity contribution < 1.29 is 14.3 Å². The van der Waals surface area contributed by atoms with Gasteiger partial charge in [0.15, 0.2) is 11.5 Å². The van der Waals surface area contributed by atoms with Crippen LogP contribution in [0.3, 0.4) is 0 Å². The Kier molecular flexibility index (Phi) is 5.74. The number of amides is 1. The number of fused-ring (bicyclic) bond motifs is 1. The van der Waals surface area contributed by atoms with Gasteiger partial charge in [-0.15, -0.1) is 0 Å². The summed E-state index contributed by atoms with van der Waals surface area (Å²) in [7, 11) is 0. The van der Waals surface area contributed by atoms with Crippen LogP contribution < -0.4 is 9.47 Å². The van der Waals surface area contributed by atoms with Crippen LogP contribution in [0.2, 0.25) is 0 Å². The van der Waals surface area contributed by atoms with Crippen molar-refractivity contribution in [3.05, 3.63) is 47.5 Å². The van der Waals surface area contributed by atoms with Gasteiger partial charge in [-0.25, -0.2) is 4.98 Å². The average molecular weight is 424 g/mol. The third-order valence-corrected chi connectivity index (χ3v) is 6.45. The summed E-state index contributed by atoms with van der Waals surface area (Å²) in [5.41, 5.74) is 2.53. The van der Waals surface area contributed by atoms with Crippen molar-refractivity contribution in [1.29, 1.82) is 0 Å². The Morgan fingerprint density at radius 1 is 1.06 bits per heavy atom. The van der Waals surface area contributed by atoms with Crippen molar-refractivity contribution in [1.82, 2.24) is 24.7 Å². The molecular weight excluding hydrogens is 394 g/mol. The minimum absolute atomic E-state index is 0.00126. The van der Waals surface area contributed by atoms with Crippen molar-refractivity contribution in [2.75, 3.05) is 46.1 Å². The molecule has 3 aliphatic rings. The molecule has 1 atom stereocenters. The lowest BCUT2D eigenvalue weighted by molar-refractivity contribution is 0.0404. The van der Waals surface area contributed by atoms with Crippen LogP contribution in [0, 0.1) is 6.92 Å². The number of carbonyl (C=O) groups is 1. The van der Waals surface area contributed by atoms with E-state index in [4.69, 9.17) is 9.47 Å². The zero-order chi connectivity index (χ0) is 21.2. The molecule has 0 bridgehead atoms. The molecule has 1 aromatic heterocycles. The summed E-state index contributed by atoms with van der Waals surface area (Å²) in [6.45, 7) is 8.81. The molecule has 8 nitrogen and oxygen atoms in total. The number of carbonyl (C=O) groups excluding carboxylic acids is 1. The highest BCUT2D eigenvalue weighted by atomic mass is 16.7. The molecular formula is C23H29N5O3. The van der Waals surface area contributed by atoms with Gasteiger partial charge in [0.2, 0.25) is 6.79 Å². The number of nitrogens with zero attached hydrogens (tertiary/aromatic N) is 5. The van der Waals surface area contributed by atoms with Crippen LogP contribution in [0.4, 0.5) is 0 Å². The minimum Gasteiger partial charge on any atom is -0.454 e. The van der Waals surface area contributed by atoms with Gasteiger partial charge in [0.05, 0.1) is 11.9 Å². The second-order valence-corrected chi connectivity index (χ2v) is 8.59. The molecule has 31 heavy (non-hydrogen) atoms. The highest BCUT2D eigenvalue weighted by Gasteiger charge is 2.31. The number of benzene rings is 1. The smallest absolute Gasteiger partial charge is 0.274 e. The number of aryl methyl sites for hydroxylation is 1. The number of piperazine rings is 1. The van der Waals surface area contributed by atoms with Gasteiger partial charge in [-0.05, 0) is 37.5 Å². The standard InChI is InChI=1S/C23H29N5O3/c1-17-12-25-20(13-24-17)23(29)28-6-2-3-19(15-28)27-9-7-26(8-10-27)14-18-4-5-21-22(11-18)31-16-30-21/h4-5,11-13,19H,2-3,6-10,14-16H2,1H3. The van der Waals surface area contributed by atoms with Crippen LogP contribution in [0.5, 0.6) is 11.5 Å². The maximum atomic E-state index is 12.9. The van der Waals surface area contributed by atoms with Gasteiger partial charge in [0.25, 0.3) is 5.91 Å². The molecule has 0 N–H and O–H groups in total. The molecule has 2 saturated heterocycles. The molecule has 2 aromatic rings. The van der Waals surface area contributed by atoms with Crippen LogP contribution in [0.15, 0.2) is 30.6 Å². The molecule has 1 amide bonds. The summed E-state index contributed by atoms with van der Waals surface area (Å²) in [6.07, 6.45) is 5.43. The summed E-state index contributed by atoms with van der Waals surface area (Å²) in [5, 5.41) is 0. The molecule has 8 heteroatoms. The Hall–Kier alpha value is -2.71. The third-order valence-electron chi connectivity index (χ3n) is 6.45. The van der Waals surface area contributed by atoms with Crippen molar-refractivity contribution in [2.45, 2.75) is 32.4 Å². The first-order chi connectivity index (χ1) is 15.2. The van der Waals surface area contributed by atoms with Gasteiger partial charge in [-0.2, -0.15) is 0 Å². The fraction of sp³-hybridized carbons (Fsp3) is 0.522. The Bertz CT molecular complexity index is 927. The van der Waals surface area contributed by atoms with Crippen LogP contribution >= 0.6 is 0 Å². The molecule has 1 aromatic carbocycles. The first kappa shape index (κ1) is 20.2. The van der Waals surface area contributed by atoms with Crippen LogP contribution in [-0.2, 0) is 6.54 Å². The predicted molar refractivity (Wildman–Crippen MR) is 115 cm³/mol. The first-order valence-corrected chi connectivity index (χ1v) is 11.1. The summed E-state index contributed by atoms with van der Waals surface area (Å²) in [6, 6.07) is 6.63. The summed E-state index contributed by atoms with van der Waals surface area (Å²) >= 11 is 0. The SMILES string of the molecule is Cc1cnc(C(=O)N2CCCC(N3CCN(Cc4ccc5c(c4)OCO5)CC3)C2)cn1. The maximum Gasteiger partial charge on any atom is 0.274 e. The second kappa shape index (κ2) is 8.80. The molecule has 1 unspecified atom stereocenters. The van der Waals surface area contributed by atoms with E-state index >= 15 is 0 Å². The number of hydrogen-bond donors (Lipinski definition) is 0. The summed E-state index contributed by atoms with van der Waals surface area (Å²) in [4.78, 5) is 28.3. The van der Waals surface area contributed by atoms with E-state index in [2.05, 4.69) is 31.9 Å². The number of hydrogen-bond acceptors (Lipinski definition) is 7.